The molecule has 0 aliphatic rings. The predicted molar refractivity (Wildman–Crippen MR) is 97.2 cm³/mol. The third kappa shape index (κ3) is 5.58. The number of benzene rings is 2. The van der Waals surface area contributed by atoms with E-state index in [0.29, 0.717) is 28.6 Å². The number of rotatable bonds is 7. The van der Waals surface area contributed by atoms with Crippen LogP contribution < -0.4 is 5.32 Å². The average molecular weight is 364 g/mol. The molecule has 126 valence electrons. The number of ether oxygens (including phenoxy) is 1. The minimum atomic E-state index is -0.362. The fourth-order valence-electron chi connectivity index (χ4n) is 2.05. The highest BCUT2D eigenvalue weighted by molar-refractivity contribution is 7.99. The van der Waals surface area contributed by atoms with Gasteiger partial charge >= 0.3 is 5.97 Å². The Bertz CT molecular complexity index is 721. The molecule has 0 unspecified atom stereocenters. The SMILES string of the molecule is COC(=O)c1cccc(CSCC(=O)NCc2ccccc2Cl)c1. The zero-order chi connectivity index (χ0) is 17.4. The Kier molecular flexibility index (Phi) is 7.15. The van der Waals surface area contributed by atoms with Crippen molar-refractivity contribution in [1.29, 1.82) is 0 Å². The van der Waals surface area contributed by atoms with Crippen LogP contribution in [0.2, 0.25) is 5.02 Å². The molecule has 4 nitrogen and oxygen atoms in total. The summed E-state index contributed by atoms with van der Waals surface area (Å²) in [5.41, 5.74) is 2.38. The first kappa shape index (κ1) is 18.4. The number of hydrogen-bond acceptors (Lipinski definition) is 4. The van der Waals surface area contributed by atoms with Gasteiger partial charge in [0.05, 0.1) is 18.4 Å². The molecule has 0 radical (unpaired) electrons. The lowest BCUT2D eigenvalue weighted by atomic mass is 10.1. The molecule has 0 fully saturated rings. The van der Waals surface area contributed by atoms with Crippen molar-refractivity contribution in [1.82, 2.24) is 5.32 Å². The van der Waals surface area contributed by atoms with Crippen molar-refractivity contribution in [3.05, 3.63) is 70.2 Å². The summed E-state index contributed by atoms with van der Waals surface area (Å²) in [5.74, 6) is 0.570. The van der Waals surface area contributed by atoms with Gasteiger partial charge in [-0.1, -0.05) is 41.9 Å². The van der Waals surface area contributed by atoms with E-state index >= 15 is 0 Å². The maximum absolute atomic E-state index is 11.9. The first-order valence-electron chi connectivity index (χ1n) is 7.35. The number of carbonyl (C=O) groups excluding carboxylic acids is 2. The number of carbonyl (C=O) groups is 2. The quantitative estimate of drug-likeness (QED) is 0.762. The molecule has 2 aromatic rings. The molecule has 1 amide bonds. The molecule has 0 spiro atoms. The van der Waals surface area contributed by atoms with E-state index in [9.17, 15) is 9.59 Å². The molecule has 0 atom stereocenters. The lowest BCUT2D eigenvalue weighted by molar-refractivity contribution is -0.118. The first-order valence-corrected chi connectivity index (χ1v) is 8.88. The Balaban J connectivity index is 1.77. The highest BCUT2D eigenvalue weighted by Gasteiger charge is 2.07. The number of hydrogen-bond donors (Lipinski definition) is 1. The molecule has 1 N–H and O–H groups in total. The van der Waals surface area contributed by atoms with Crippen molar-refractivity contribution in [2.24, 2.45) is 0 Å². The monoisotopic (exact) mass is 363 g/mol. The second-order valence-electron chi connectivity index (χ2n) is 5.05. The second kappa shape index (κ2) is 9.35. The van der Waals surface area contributed by atoms with Gasteiger partial charge in [0.25, 0.3) is 0 Å². The van der Waals surface area contributed by atoms with Crippen molar-refractivity contribution in [2.75, 3.05) is 12.9 Å². The number of halogens is 1. The van der Waals surface area contributed by atoms with Crippen LogP contribution in [0.25, 0.3) is 0 Å². The van der Waals surface area contributed by atoms with Crippen molar-refractivity contribution < 1.29 is 14.3 Å². The number of amides is 1. The Morgan fingerprint density at radius 2 is 1.96 bits per heavy atom. The Labute approximate surface area is 150 Å². The second-order valence-corrected chi connectivity index (χ2v) is 6.45. The van der Waals surface area contributed by atoms with E-state index in [-0.39, 0.29) is 11.9 Å². The van der Waals surface area contributed by atoms with Gasteiger partial charge in [-0.15, -0.1) is 11.8 Å². The molecular formula is C18H18ClNO3S. The molecule has 0 bridgehead atoms. The molecule has 0 heterocycles. The van der Waals surface area contributed by atoms with Crippen LogP contribution in [0.4, 0.5) is 0 Å². The van der Waals surface area contributed by atoms with E-state index in [4.69, 9.17) is 16.3 Å². The first-order chi connectivity index (χ1) is 11.6. The summed E-state index contributed by atoms with van der Waals surface area (Å²) in [7, 11) is 1.35. The number of esters is 1. The van der Waals surface area contributed by atoms with E-state index in [1.807, 2.05) is 24.3 Å². The third-order valence-corrected chi connectivity index (χ3v) is 4.66. The van der Waals surface area contributed by atoms with Gasteiger partial charge in [0.15, 0.2) is 0 Å². The minimum Gasteiger partial charge on any atom is -0.465 e. The highest BCUT2D eigenvalue weighted by Crippen LogP contribution is 2.16. The van der Waals surface area contributed by atoms with Crippen molar-refractivity contribution in [2.45, 2.75) is 12.3 Å². The largest absolute Gasteiger partial charge is 0.465 e. The molecule has 0 aromatic heterocycles. The van der Waals surface area contributed by atoms with Crippen LogP contribution in [0.1, 0.15) is 21.5 Å². The standard InChI is InChI=1S/C18H18ClNO3S/c1-23-18(22)14-7-4-5-13(9-14)11-24-12-17(21)20-10-15-6-2-3-8-16(15)19/h2-9H,10-12H2,1H3,(H,20,21). The van der Waals surface area contributed by atoms with Gasteiger partial charge in [0, 0.05) is 17.3 Å². The van der Waals surface area contributed by atoms with Crippen LogP contribution in [0, 0.1) is 0 Å². The maximum Gasteiger partial charge on any atom is 0.337 e. The molecule has 2 aromatic carbocycles. The van der Waals surface area contributed by atoms with Crippen molar-refractivity contribution in [3.8, 4) is 0 Å². The molecule has 6 heteroatoms. The van der Waals surface area contributed by atoms with Gasteiger partial charge in [-0.25, -0.2) is 4.79 Å². The van der Waals surface area contributed by atoms with Gasteiger partial charge < -0.3 is 10.1 Å². The van der Waals surface area contributed by atoms with Crippen LogP contribution in [0.5, 0.6) is 0 Å². The zero-order valence-electron chi connectivity index (χ0n) is 13.3. The number of thioether (sulfide) groups is 1. The normalized spacial score (nSPS) is 10.2. The highest BCUT2D eigenvalue weighted by atomic mass is 35.5. The van der Waals surface area contributed by atoms with E-state index in [2.05, 4.69) is 5.32 Å². The van der Waals surface area contributed by atoms with Gasteiger partial charge in [-0.3, -0.25) is 4.79 Å². The van der Waals surface area contributed by atoms with Crippen molar-refractivity contribution >= 4 is 35.2 Å². The Hall–Kier alpha value is -1.98. The minimum absolute atomic E-state index is 0.0518. The summed E-state index contributed by atoms with van der Waals surface area (Å²) in [6.45, 7) is 0.414. The van der Waals surface area contributed by atoms with E-state index in [1.165, 1.54) is 18.9 Å². The van der Waals surface area contributed by atoms with E-state index in [0.717, 1.165) is 11.1 Å². The van der Waals surface area contributed by atoms with Gasteiger partial charge in [-0.2, -0.15) is 0 Å². The lowest BCUT2D eigenvalue weighted by Crippen LogP contribution is -2.24. The van der Waals surface area contributed by atoms with Crippen LogP contribution in [0.15, 0.2) is 48.5 Å². The van der Waals surface area contributed by atoms with Crippen LogP contribution in [-0.2, 0) is 21.8 Å². The van der Waals surface area contributed by atoms with E-state index in [1.54, 1.807) is 24.3 Å². The van der Waals surface area contributed by atoms with Gasteiger partial charge in [0.2, 0.25) is 5.91 Å². The van der Waals surface area contributed by atoms with Crippen LogP contribution in [-0.4, -0.2) is 24.7 Å². The fourth-order valence-corrected chi connectivity index (χ4v) is 3.06. The Morgan fingerprint density at radius 1 is 1.17 bits per heavy atom. The van der Waals surface area contributed by atoms with Crippen LogP contribution >= 0.6 is 23.4 Å². The molecule has 2 rings (SSSR count). The third-order valence-electron chi connectivity index (χ3n) is 3.28. The topological polar surface area (TPSA) is 55.4 Å². The lowest BCUT2D eigenvalue weighted by Gasteiger charge is -2.07. The molecule has 0 saturated heterocycles. The van der Waals surface area contributed by atoms with E-state index < -0.39 is 0 Å². The summed E-state index contributed by atoms with van der Waals surface area (Å²) < 4.78 is 4.70. The predicted octanol–water partition coefficient (Wildman–Crippen LogP) is 3.68. The Morgan fingerprint density at radius 3 is 2.71 bits per heavy atom. The van der Waals surface area contributed by atoms with Gasteiger partial charge in [-0.05, 0) is 29.3 Å². The molecule has 0 aliphatic carbocycles. The summed E-state index contributed by atoms with van der Waals surface area (Å²) in [6, 6.07) is 14.6. The van der Waals surface area contributed by atoms with Crippen LogP contribution in [0.3, 0.4) is 0 Å². The zero-order valence-corrected chi connectivity index (χ0v) is 14.8. The summed E-state index contributed by atoms with van der Waals surface area (Å²) >= 11 is 7.53. The molecular weight excluding hydrogens is 346 g/mol. The summed E-state index contributed by atoms with van der Waals surface area (Å²) in [5, 5.41) is 3.49. The maximum atomic E-state index is 11.9. The summed E-state index contributed by atoms with van der Waals surface area (Å²) in [6.07, 6.45) is 0. The smallest absolute Gasteiger partial charge is 0.337 e. The van der Waals surface area contributed by atoms with Gasteiger partial charge in [0.1, 0.15) is 0 Å². The number of nitrogens with one attached hydrogen (secondary N) is 1. The fraction of sp³-hybridized carbons (Fsp3) is 0.222. The number of methoxy groups -OCH3 is 1. The van der Waals surface area contributed by atoms with Crippen molar-refractivity contribution in [3.63, 3.8) is 0 Å². The average Bonchev–Trinajstić information content (AvgIpc) is 2.60. The molecule has 0 aliphatic heterocycles. The summed E-state index contributed by atoms with van der Waals surface area (Å²) in [4.78, 5) is 23.4. The molecule has 24 heavy (non-hydrogen) atoms. The molecule has 0 saturated carbocycles.